The molecule has 2 aromatic rings. The highest BCUT2D eigenvalue weighted by molar-refractivity contribution is 5.54. The van der Waals surface area contributed by atoms with Crippen molar-refractivity contribution in [1.82, 2.24) is 19.7 Å². The van der Waals surface area contributed by atoms with E-state index in [1.165, 1.54) is 0 Å². The van der Waals surface area contributed by atoms with E-state index in [2.05, 4.69) is 28.9 Å². The first-order valence-electron chi connectivity index (χ1n) is 5.77. The van der Waals surface area contributed by atoms with Gasteiger partial charge in [-0.2, -0.15) is 5.10 Å². The summed E-state index contributed by atoms with van der Waals surface area (Å²) in [6.45, 7) is 4.54. The summed E-state index contributed by atoms with van der Waals surface area (Å²) in [6.07, 6.45) is 3.65. The lowest BCUT2D eigenvalue weighted by Gasteiger charge is -2.04. The molecule has 2 heterocycles. The number of nitrogens with two attached hydrogens (primary N) is 1. The lowest BCUT2D eigenvalue weighted by molar-refractivity contribution is 0.181. The Labute approximate surface area is 106 Å². The van der Waals surface area contributed by atoms with Gasteiger partial charge in [0.2, 0.25) is 0 Å². The van der Waals surface area contributed by atoms with Gasteiger partial charge in [0.1, 0.15) is 5.82 Å². The van der Waals surface area contributed by atoms with E-state index in [4.69, 9.17) is 10.5 Å². The van der Waals surface area contributed by atoms with E-state index in [1.807, 2.05) is 10.9 Å². The minimum absolute atomic E-state index is 0.304. The first kappa shape index (κ1) is 12.5. The average Bonchev–Trinajstić information content (AvgIpc) is 2.78. The molecule has 0 aromatic carbocycles. The third-order valence-electron chi connectivity index (χ3n) is 2.48. The highest BCUT2D eigenvalue weighted by atomic mass is 16.5. The van der Waals surface area contributed by atoms with Crippen LogP contribution in [-0.4, -0.2) is 26.9 Å². The monoisotopic (exact) mass is 247 g/mol. The van der Waals surface area contributed by atoms with E-state index in [0.29, 0.717) is 24.3 Å². The second-order valence-corrected chi connectivity index (χ2v) is 4.34. The molecular formula is C12H17N5O. The van der Waals surface area contributed by atoms with Gasteiger partial charge >= 0.3 is 0 Å². The fourth-order valence-electron chi connectivity index (χ4n) is 1.61. The fraction of sp³-hybridized carbons (Fsp3) is 0.417. The van der Waals surface area contributed by atoms with Crippen LogP contribution in [0.15, 0.2) is 18.5 Å². The molecule has 0 aliphatic carbocycles. The Morgan fingerprint density at radius 1 is 1.39 bits per heavy atom. The van der Waals surface area contributed by atoms with Crippen LogP contribution in [0.4, 0.5) is 5.82 Å². The fourth-order valence-corrected chi connectivity index (χ4v) is 1.61. The van der Waals surface area contributed by atoms with E-state index in [1.54, 1.807) is 19.4 Å². The molecule has 18 heavy (non-hydrogen) atoms. The Balaban J connectivity index is 2.36. The number of hydrogen-bond donors (Lipinski definition) is 1. The van der Waals surface area contributed by atoms with Crippen molar-refractivity contribution in [2.45, 2.75) is 26.5 Å². The van der Waals surface area contributed by atoms with Crippen molar-refractivity contribution in [3.63, 3.8) is 0 Å². The first-order chi connectivity index (χ1) is 8.60. The summed E-state index contributed by atoms with van der Waals surface area (Å²) in [4.78, 5) is 8.61. The number of anilines is 1. The number of nitrogen functional groups attached to an aromatic ring is 1. The Hall–Kier alpha value is -1.95. The number of aromatic nitrogens is 4. The molecule has 0 atom stereocenters. The zero-order valence-electron chi connectivity index (χ0n) is 10.8. The molecule has 0 radical (unpaired) electrons. The molecule has 6 heteroatoms. The van der Waals surface area contributed by atoms with Gasteiger partial charge in [0.05, 0.1) is 24.1 Å². The molecule has 0 spiro atoms. The van der Waals surface area contributed by atoms with Crippen molar-refractivity contribution < 1.29 is 4.74 Å². The van der Waals surface area contributed by atoms with Crippen molar-refractivity contribution in [3.8, 4) is 11.4 Å². The Bertz CT molecular complexity index is 535. The summed E-state index contributed by atoms with van der Waals surface area (Å²) < 4.78 is 6.91. The third-order valence-corrected chi connectivity index (χ3v) is 2.48. The second kappa shape index (κ2) is 5.14. The number of nitrogens with zero attached hydrogens (tertiary/aromatic N) is 4. The molecule has 0 saturated carbocycles. The minimum Gasteiger partial charge on any atom is -0.384 e. The second-order valence-electron chi connectivity index (χ2n) is 4.34. The van der Waals surface area contributed by atoms with E-state index >= 15 is 0 Å². The summed E-state index contributed by atoms with van der Waals surface area (Å²) >= 11 is 0. The van der Waals surface area contributed by atoms with Crippen LogP contribution in [0.5, 0.6) is 0 Å². The van der Waals surface area contributed by atoms with Crippen LogP contribution in [0.3, 0.4) is 0 Å². The van der Waals surface area contributed by atoms with Gasteiger partial charge in [-0.25, -0.2) is 9.97 Å². The summed E-state index contributed by atoms with van der Waals surface area (Å²) in [7, 11) is 1.62. The summed E-state index contributed by atoms with van der Waals surface area (Å²) in [6, 6.07) is 2.01. The number of hydrogen-bond acceptors (Lipinski definition) is 5. The number of rotatable bonds is 4. The van der Waals surface area contributed by atoms with Crippen LogP contribution in [-0.2, 0) is 11.3 Å². The highest BCUT2D eigenvalue weighted by Crippen LogP contribution is 2.18. The maximum Gasteiger partial charge on any atom is 0.165 e. The van der Waals surface area contributed by atoms with Crippen LogP contribution >= 0.6 is 0 Å². The van der Waals surface area contributed by atoms with Gasteiger partial charge in [0.15, 0.2) is 5.82 Å². The third kappa shape index (κ3) is 2.65. The van der Waals surface area contributed by atoms with E-state index in [9.17, 15) is 0 Å². The van der Waals surface area contributed by atoms with E-state index < -0.39 is 0 Å². The van der Waals surface area contributed by atoms with Crippen molar-refractivity contribution in [1.29, 1.82) is 0 Å². The molecule has 0 saturated heterocycles. The summed E-state index contributed by atoms with van der Waals surface area (Å²) in [5, 5.41) is 4.26. The maximum absolute atomic E-state index is 5.76. The zero-order chi connectivity index (χ0) is 13.1. The lowest BCUT2D eigenvalue weighted by atomic mass is 10.3. The van der Waals surface area contributed by atoms with Crippen LogP contribution in [0.25, 0.3) is 11.4 Å². The van der Waals surface area contributed by atoms with Crippen molar-refractivity contribution in [3.05, 3.63) is 24.2 Å². The Kier molecular flexibility index (Phi) is 3.57. The van der Waals surface area contributed by atoms with Crippen LogP contribution in [0, 0.1) is 0 Å². The quantitative estimate of drug-likeness (QED) is 0.888. The topological polar surface area (TPSA) is 78.9 Å². The Morgan fingerprint density at radius 3 is 2.78 bits per heavy atom. The van der Waals surface area contributed by atoms with Crippen LogP contribution in [0.2, 0.25) is 0 Å². The van der Waals surface area contributed by atoms with Gasteiger partial charge in [-0.05, 0) is 13.8 Å². The molecule has 0 aliphatic rings. The molecule has 2 aromatic heterocycles. The highest BCUT2D eigenvalue weighted by Gasteiger charge is 2.09. The first-order valence-corrected chi connectivity index (χ1v) is 5.77. The molecule has 6 nitrogen and oxygen atoms in total. The Morgan fingerprint density at radius 2 is 2.17 bits per heavy atom. The van der Waals surface area contributed by atoms with Crippen LogP contribution in [0.1, 0.15) is 25.6 Å². The predicted molar refractivity (Wildman–Crippen MR) is 68.8 cm³/mol. The molecule has 0 unspecified atom stereocenters. The molecular weight excluding hydrogens is 230 g/mol. The number of methoxy groups -OCH3 is 1. The van der Waals surface area contributed by atoms with Gasteiger partial charge in [-0.1, -0.05) is 0 Å². The standard InChI is InChI=1S/C12H17N5O/c1-8(2)17-6-9(5-14-17)12-15-10(7-18-3)4-11(13)16-12/h4-6,8H,7H2,1-3H3,(H2,13,15,16). The smallest absolute Gasteiger partial charge is 0.165 e. The maximum atomic E-state index is 5.76. The van der Waals surface area contributed by atoms with Gasteiger partial charge < -0.3 is 10.5 Å². The zero-order valence-corrected chi connectivity index (χ0v) is 10.8. The minimum atomic E-state index is 0.304. The van der Waals surface area contributed by atoms with Crippen LogP contribution < -0.4 is 5.73 Å². The van der Waals surface area contributed by atoms with E-state index in [-0.39, 0.29) is 0 Å². The van der Waals surface area contributed by atoms with Crippen molar-refractivity contribution in [2.75, 3.05) is 12.8 Å². The average molecular weight is 247 g/mol. The van der Waals surface area contributed by atoms with Crippen molar-refractivity contribution in [2.24, 2.45) is 0 Å². The van der Waals surface area contributed by atoms with Gasteiger partial charge in [-0.3, -0.25) is 4.68 Å². The molecule has 2 rings (SSSR count). The van der Waals surface area contributed by atoms with E-state index in [0.717, 1.165) is 11.3 Å². The van der Waals surface area contributed by atoms with Gasteiger partial charge in [0, 0.05) is 25.4 Å². The summed E-state index contributed by atoms with van der Waals surface area (Å²) in [5.74, 6) is 1.01. The summed E-state index contributed by atoms with van der Waals surface area (Å²) in [5.41, 5.74) is 7.38. The largest absolute Gasteiger partial charge is 0.384 e. The molecule has 0 bridgehead atoms. The van der Waals surface area contributed by atoms with Gasteiger partial charge in [0.25, 0.3) is 0 Å². The SMILES string of the molecule is COCc1cc(N)nc(-c2cnn(C(C)C)c2)n1. The van der Waals surface area contributed by atoms with Crippen molar-refractivity contribution >= 4 is 5.82 Å². The molecule has 0 fully saturated rings. The van der Waals surface area contributed by atoms with Gasteiger partial charge in [-0.15, -0.1) is 0 Å². The molecule has 96 valence electrons. The molecule has 2 N–H and O–H groups in total. The molecule has 0 aliphatic heterocycles. The number of ether oxygens (including phenoxy) is 1. The predicted octanol–water partition coefficient (Wildman–Crippen LogP) is 1.65. The molecule has 0 amide bonds. The lowest BCUT2D eigenvalue weighted by Crippen LogP contribution is -2.01. The normalized spacial score (nSPS) is 11.1.